The van der Waals surface area contributed by atoms with Crippen molar-refractivity contribution in [1.82, 2.24) is 9.55 Å². The molecule has 1 fully saturated rings. The van der Waals surface area contributed by atoms with Gasteiger partial charge in [0.15, 0.2) is 12.3 Å². The predicted molar refractivity (Wildman–Crippen MR) is 61.6 cm³/mol. The number of rotatable bonds is 2. The molecule has 1 N–H and O–H groups in total. The zero-order valence-corrected chi connectivity index (χ0v) is 10.0. The van der Waals surface area contributed by atoms with E-state index in [2.05, 4.69) is 15.0 Å². The number of nitrogens with zero attached hydrogens (tertiary/aromatic N) is 5. The van der Waals surface area contributed by atoms with Crippen molar-refractivity contribution in [1.29, 1.82) is 0 Å². The SMILES string of the molecule is Cc1cn2c(nc1=O)O[C@H]1[C@H](O)[C@@H](CN=[N+]=[N-])O[C@H]12. The Bertz CT molecular complexity index is 623. The standard InChI is InChI=1S/C10H11N5O4/c1-4-3-15-9-7(19-10(15)13-8(4)17)6(16)5(18-9)2-12-14-11/h3,5-7,9,16H,2H2,1H3/t5-,6-,7+,9-/m1/s1. The first-order chi connectivity index (χ1) is 9.11. The molecule has 9 heteroatoms. The van der Waals surface area contributed by atoms with Crippen LogP contribution in [0.2, 0.25) is 0 Å². The number of ether oxygens (including phenoxy) is 2. The summed E-state index contributed by atoms with van der Waals surface area (Å²) in [5, 5.41) is 13.4. The minimum atomic E-state index is -0.937. The fourth-order valence-electron chi connectivity index (χ4n) is 2.28. The number of aliphatic hydroxyl groups excluding tert-OH is 1. The maximum atomic E-state index is 11.4. The Labute approximate surface area is 107 Å². The van der Waals surface area contributed by atoms with Crippen LogP contribution in [0.1, 0.15) is 11.8 Å². The lowest BCUT2D eigenvalue weighted by Gasteiger charge is -2.14. The van der Waals surface area contributed by atoms with Gasteiger partial charge in [-0.05, 0) is 12.5 Å². The van der Waals surface area contributed by atoms with Crippen LogP contribution in [0.25, 0.3) is 10.4 Å². The van der Waals surface area contributed by atoms with Gasteiger partial charge in [0.1, 0.15) is 6.10 Å². The number of hydrogen-bond acceptors (Lipinski definition) is 6. The highest BCUT2D eigenvalue weighted by Gasteiger charge is 2.50. The van der Waals surface area contributed by atoms with Crippen LogP contribution in [0.5, 0.6) is 6.01 Å². The average Bonchev–Trinajstić information content (AvgIpc) is 2.86. The molecule has 0 radical (unpaired) electrons. The molecule has 0 spiro atoms. The first-order valence-corrected chi connectivity index (χ1v) is 5.72. The van der Waals surface area contributed by atoms with Gasteiger partial charge in [-0.3, -0.25) is 9.36 Å². The molecule has 0 amide bonds. The zero-order valence-electron chi connectivity index (χ0n) is 10.0. The molecule has 0 aliphatic carbocycles. The summed E-state index contributed by atoms with van der Waals surface area (Å²) >= 11 is 0. The van der Waals surface area contributed by atoms with Crippen LogP contribution in [0.4, 0.5) is 0 Å². The fourth-order valence-corrected chi connectivity index (χ4v) is 2.28. The van der Waals surface area contributed by atoms with E-state index in [-0.39, 0.29) is 18.1 Å². The van der Waals surface area contributed by atoms with Crippen molar-refractivity contribution in [3.8, 4) is 6.01 Å². The summed E-state index contributed by atoms with van der Waals surface area (Å²) in [5.74, 6) is 0. The Kier molecular flexibility index (Phi) is 2.67. The molecule has 3 heterocycles. The Morgan fingerprint density at radius 2 is 2.47 bits per heavy atom. The van der Waals surface area contributed by atoms with Crippen LogP contribution in [0.3, 0.4) is 0 Å². The normalized spacial score (nSPS) is 31.3. The Balaban J connectivity index is 1.92. The van der Waals surface area contributed by atoms with Crippen LogP contribution in [-0.4, -0.2) is 39.5 Å². The second kappa shape index (κ2) is 4.23. The summed E-state index contributed by atoms with van der Waals surface area (Å²) < 4.78 is 12.6. The molecule has 0 bridgehead atoms. The highest BCUT2D eigenvalue weighted by Crippen LogP contribution is 2.39. The molecular weight excluding hydrogens is 254 g/mol. The summed E-state index contributed by atoms with van der Waals surface area (Å²) in [7, 11) is 0. The van der Waals surface area contributed by atoms with E-state index in [4.69, 9.17) is 15.0 Å². The topological polar surface area (TPSA) is 122 Å². The van der Waals surface area contributed by atoms with Gasteiger partial charge in [-0.1, -0.05) is 5.11 Å². The van der Waals surface area contributed by atoms with E-state index in [1.54, 1.807) is 17.7 Å². The molecule has 1 aromatic rings. The van der Waals surface area contributed by atoms with Crippen molar-refractivity contribution in [3.05, 3.63) is 32.6 Å². The van der Waals surface area contributed by atoms with E-state index in [1.165, 1.54) is 0 Å². The van der Waals surface area contributed by atoms with Gasteiger partial charge in [0, 0.05) is 16.7 Å². The maximum absolute atomic E-state index is 11.4. The third-order valence-electron chi connectivity index (χ3n) is 3.24. The molecule has 19 heavy (non-hydrogen) atoms. The molecule has 0 unspecified atom stereocenters. The Hall–Kier alpha value is -2.09. The van der Waals surface area contributed by atoms with E-state index >= 15 is 0 Å². The quantitative estimate of drug-likeness (QED) is 0.453. The summed E-state index contributed by atoms with van der Waals surface area (Å²) in [6, 6.07) is 0.131. The number of azide groups is 1. The maximum Gasteiger partial charge on any atom is 0.302 e. The number of hydrogen-bond donors (Lipinski definition) is 1. The summed E-state index contributed by atoms with van der Waals surface area (Å²) in [6.07, 6.45) is -1.19. The molecular formula is C10H11N5O4. The fraction of sp³-hybridized carbons (Fsp3) is 0.600. The van der Waals surface area contributed by atoms with Gasteiger partial charge in [-0.25, -0.2) is 0 Å². The molecule has 100 valence electrons. The molecule has 1 aromatic heterocycles. The van der Waals surface area contributed by atoms with Gasteiger partial charge in [-0.15, -0.1) is 0 Å². The number of fused-ring (bicyclic) bond motifs is 3. The number of aliphatic hydroxyl groups is 1. The van der Waals surface area contributed by atoms with Crippen molar-refractivity contribution < 1.29 is 14.6 Å². The van der Waals surface area contributed by atoms with Crippen molar-refractivity contribution in [2.75, 3.05) is 6.54 Å². The number of aryl methyl sites for hydroxylation is 1. The average molecular weight is 265 g/mol. The highest BCUT2D eigenvalue weighted by atomic mass is 16.6. The monoisotopic (exact) mass is 265 g/mol. The largest absolute Gasteiger partial charge is 0.453 e. The van der Waals surface area contributed by atoms with E-state index < -0.39 is 24.5 Å². The zero-order chi connectivity index (χ0) is 13.6. The molecule has 0 saturated carbocycles. The Morgan fingerprint density at radius 1 is 1.68 bits per heavy atom. The minimum absolute atomic E-state index is 0.0238. The van der Waals surface area contributed by atoms with Crippen molar-refractivity contribution in [2.45, 2.75) is 31.5 Å². The third kappa shape index (κ3) is 1.75. The molecule has 4 atom stereocenters. The van der Waals surface area contributed by atoms with Crippen LogP contribution in [0, 0.1) is 6.92 Å². The van der Waals surface area contributed by atoms with Gasteiger partial charge in [0.2, 0.25) is 0 Å². The smallest absolute Gasteiger partial charge is 0.302 e. The summed E-state index contributed by atoms with van der Waals surface area (Å²) in [4.78, 5) is 17.8. The second-order valence-electron chi connectivity index (χ2n) is 4.47. The Morgan fingerprint density at radius 3 is 3.21 bits per heavy atom. The van der Waals surface area contributed by atoms with Crippen molar-refractivity contribution >= 4 is 0 Å². The van der Waals surface area contributed by atoms with E-state index in [1.807, 2.05) is 0 Å². The van der Waals surface area contributed by atoms with Crippen molar-refractivity contribution in [3.63, 3.8) is 0 Å². The summed E-state index contributed by atoms with van der Waals surface area (Å²) in [5.41, 5.74) is 8.37. The van der Waals surface area contributed by atoms with Gasteiger partial charge in [0.25, 0.3) is 5.56 Å². The lowest BCUT2D eigenvalue weighted by Crippen LogP contribution is -2.34. The molecule has 1 saturated heterocycles. The van der Waals surface area contributed by atoms with Gasteiger partial charge in [0.05, 0.1) is 12.6 Å². The molecule has 0 aromatic carbocycles. The van der Waals surface area contributed by atoms with Crippen molar-refractivity contribution in [2.24, 2.45) is 5.11 Å². The van der Waals surface area contributed by atoms with Gasteiger partial charge in [-0.2, -0.15) is 4.98 Å². The highest BCUT2D eigenvalue weighted by molar-refractivity contribution is 5.15. The number of aromatic nitrogens is 2. The predicted octanol–water partition coefficient (Wildman–Crippen LogP) is -0.119. The molecule has 2 aliphatic rings. The van der Waals surface area contributed by atoms with Gasteiger partial charge < -0.3 is 14.6 Å². The van der Waals surface area contributed by atoms with Gasteiger partial charge >= 0.3 is 6.01 Å². The van der Waals surface area contributed by atoms with E-state index in [0.717, 1.165) is 0 Å². The summed E-state index contributed by atoms with van der Waals surface area (Å²) in [6.45, 7) is 1.66. The van der Waals surface area contributed by atoms with Crippen LogP contribution >= 0.6 is 0 Å². The van der Waals surface area contributed by atoms with E-state index in [9.17, 15) is 9.90 Å². The second-order valence-corrected chi connectivity index (χ2v) is 4.47. The van der Waals surface area contributed by atoms with Crippen LogP contribution in [-0.2, 0) is 4.74 Å². The van der Waals surface area contributed by atoms with Crippen LogP contribution < -0.4 is 10.3 Å². The third-order valence-corrected chi connectivity index (χ3v) is 3.24. The first-order valence-electron chi connectivity index (χ1n) is 5.72. The lowest BCUT2D eigenvalue weighted by molar-refractivity contribution is -0.0116. The molecule has 3 rings (SSSR count). The lowest BCUT2D eigenvalue weighted by atomic mass is 10.1. The van der Waals surface area contributed by atoms with E-state index in [0.29, 0.717) is 5.56 Å². The van der Waals surface area contributed by atoms with Crippen LogP contribution in [0.15, 0.2) is 16.1 Å². The molecule has 9 nitrogen and oxygen atoms in total. The molecule has 2 aliphatic heterocycles. The minimum Gasteiger partial charge on any atom is -0.453 e. The first kappa shape index (κ1) is 12.0.